The molecule has 1 rings (SSSR count). The van der Waals surface area contributed by atoms with Crippen molar-refractivity contribution in [2.24, 2.45) is 0 Å². The summed E-state index contributed by atoms with van der Waals surface area (Å²) in [6.07, 6.45) is 7.06. The summed E-state index contributed by atoms with van der Waals surface area (Å²) < 4.78 is 0. The minimum Gasteiger partial charge on any atom is -0.0891 e. The van der Waals surface area contributed by atoms with Gasteiger partial charge in [-0.2, -0.15) is 0 Å². The molecule has 0 aromatic rings. The Balaban J connectivity index is 1.99. The van der Waals surface area contributed by atoms with Gasteiger partial charge in [-0.25, -0.2) is 0 Å². The van der Waals surface area contributed by atoms with Crippen LogP contribution in [0.25, 0.3) is 0 Å². The first-order valence-electron chi connectivity index (χ1n) is 4.42. The molecule has 0 unspecified atom stereocenters. The standard InChI is InChI=1S/C9H18Si/c1-8(2)6-7-10-9-4-3-5-9/h6,9H,3-5,7,10H2,1-2H3. The molecule has 0 heterocycles. The third-order valence-corrected chi connectivity index (χ3v) is 4.61. The van der Waals surface area contributed by atoms with Gasteiger partial charge < -0.3 is 0 Å². The first-order chi connectivity index (χ1) is 4.79. The Morgan fingerprint density at radius 1 is 1.50 bits per heavy atom. The van der Waals surface area contributed by atoms with Crippen LogP contribution in [0.15, 0.2) is 11.6 Å². The molecule has 0 atom stereocenters. The summed E-state index contributed by atoms with van der Waals surface area (Å²) in [6.45, 7) is 4.41. The number of rotatable bonds is 3. The first-order valence-corrected chi connectivity index (χ1v) is 6.24. The maximum absolute atomic E-state index is 2.42. The van der Waals surface area contributed by atoms with Crippen LogP contribution >= 0.6 is 0 Å². The molecule has 1 fully saturated rings. The van der Waals surface area contributed by atoms with E-state index < -0.39 is 0 Å². The van der Waals surface area contributed by atoms with E-state index >= 15 is 0 Å². The minimum atomic E-state index is 0.303. The van der Waals surface area contributed by atoms with Crippen molar-refractivity contribution in [2.75, 3.05) is 0 Å². The van der Waals surface area contributed by atoms with Crippen LogP contribution in [-0.4, -0.2) is 9.52 Å². The highest BCUT2D eigenvalue weighted by molar-refractivity contribution is 6.38. The van der Waals surface area contributed by atoms with Gasteiger partial charge in [-0.15, -0.1) is 0 Å². The highest BCUT2D eigenvalue weighted by Crippen LogP contribution is 2.32. The van der Waals surface area contributed by atoms with E-state index in [1.54, 1.807) is 12.8 Å². The number of allylic oxidation sites excluding steroid dienone is 2. The van der Waals surface area contributed by atoms with Crippen LogP contribution in [0, 0.1) is 0 Å². The molecule has 1 aliphatic carbocycles. The average molecular weight is 154 g/mol. The Labute approximate surface area is 66.5 Å². The molecule has 0 bridgehead atoms. The average Bonchev–Trinajstić information content (AvgIpc) is 1.75. The SMILES string of the molecule is CC(C)=CC[SiH2]C1CCC1. The highest BCUT2D eigenvalue weighted by Gasteiger charge is 2.15. The molecule has 0 aromatic carbocycles. The molecule has 0 saturated heterocycles. The van der Waals surface area contributed by atoms with Crippen LogP contribution in [0.2, 0.25) is 11.6 Å². The smallest absolute Gasteiger partial charge is 0.0272 e. The summed E-state index contributed by atoms with van der Waals surface area (Å²) >= 11 is 0. The van der Waals surface area contributed by atoms with Gasteiger partial charge in [0.2, 0.25) is 0 Å². The maximum atomic E-state index is 2.42. The Morgan fingerprint density at radius 3 is 2.60 bits per heavy atom. The van der Waals surface area contributed by atoms with E-state index in [0.29, 0.717) is 9.52 Å². The zero-order chi connectivity index (χ0) is 7.40. The normalized spacial score (nSPS) is 19.4. The number of hydrogen-bond acceptors (Lipinski definition) is 0. The van der Waals surface area contributed by atoms with Crippen molar-refractivity contribution in [2.45, 2.75) is 44.7 Å². The predicted molar refractivity (Wildman–Crippen MR) is 50.4 cm³/mol. The lowest BCUT2D eigenvalue weighted by Crippen LogP contribution is -2.11. The van der Waals surface area contributed by atoms with Gasteiger partial charge in [0.05, 0.1) is 0 Å². The van der Waals surface area contributed by atoms with Gasteiger partial charge in [0.15, 0.2) is 0 Å². The van der Waals surface area contributed by atoms with Crippen molar-refractivity contribution in [3.05, 3.63) is 11.6 Å². The van der Waals surface area contributed by atoms with Gasteiger partial charge in [0.25, 0.3) is 0 Å². The molecular formula is C9H18Si. The zero-order valence-corrected chi connectivity index (χ0v) is 8.60. The second-order valence-electron chi connectivity index (χ2n) is 3.66. The van der Waals surface area contributed by atoms with Gasteiger partial charge in [0, 0.05) is 9.52 Å². The monoisotopic (exact) mass is 154 g/mol. The van der Waals surface area contributed by atoms with Crippen LogP contribution in [0.3, 0.4) is 0 Å². The molecule has 1 saturated carbocycles. The van der Waals surface area contributed by atoms with Crippen molar-refractivity contribution in [1.82, 2.24) is 0 Å². The van der Waals surface area contributed by atoms with Crippen LogP contribution in [0.5, 0.6) is 0 Å². The summed E-state index contributed by atoms with van der Waals surface area (Å²) in [5, 5.41) is 0. The Kier molecular flexibility index (Phi) is 3.20. The fourth-order valence-corrected chi connectivity index (χ4v) is 3.76. The molecule has 0 spiro atoms. The molecule has 58 valence electrons. The Morgan fingerprint density at radius 2 is 2.20 bits per heavy atom. The minimum absolute atomic E-state index is 0.303. The molecule has 0 nitrogen and oxygen atoms in total. The van der Waals surface area contributed by atoms with E-state index in [1.807, 2.05) is 0 Å². The van der Waals surface area contributed by atoms with E-state index in [2.05, 4.69) is 19.9 Å². The molecule has 0 radical (unpaired) electrons. The molecule has 0 aliphatic heterocycles. The van der Waals surface area contributed by atoms with Gasteiger partial charge >= 0.3 is 0 Å². The Hall–Kier alpha value is -0.0431. The fraction of sp³-hybridized carbons (Fsp3) is 0.778. The van der Waals surface area contributed by atoms with E-state index in [1.165, 1.54) is 23.6 Å². The second kappa shape index (κ2) is 3.97. The van der Waals surface area contributed by atoms with Crippen LogP contribution in [0.4, 0.5) is 0 Å². The lowest BCUT2D eigenvalue weighted by Gasteiger charge is -2.24. The molecule has 1 heteroatoms. The van der Waals surface area contributed by atoms with Gasteiger partial charge in [-0.3, -0.25) is 0 Å². The highest BCUT2D eigenvalue weighted by atomic mass is 28.2. The predicted octanol–water partition coefficient (Wildman–Crippen LogP) is 2.51. The largest absolute Gasteiger partial charge is 0.0891 e. The lowest BCUT2D eigenvalue weighted by molar-refractivity contribution is 0.498. The topological polar surface area (TPSA) is 0 Å². The van der Waals surface area contributed by atoms with Crippen molar-refractivity contribution in [1.29, 1.82) is 0 Å². The third-order valence-electron chi connectivity index (χ3n) is 2.35. The first kappa shape index (κ1) is 8.06. The summed E-state index contributed by atoms with van der Waals surface area (Å²) in [5.41, 5.74) is 2.72. The molecule has 0 N–H and O–H groups in total. The molecule has 10 heavy (non-hydrogen) atoms. The molecular weight excluding hydrogens is 136 g/mol. The van der Waals surface area contributed by atoms with E-state index in [9.17, 15) is 0 Å². The maximum Gasteiger partial charge on any atom is 0.0272 e. The van der Waals surface area contributed by atoms with Crippen LogP contribution in [-0.2, 0) is 0 Å². The quantitative estimate of drug-likeness (QED) is 0.433. The lowest BCUT2D eigenvalue weighted by atomic mass is 10.00. The summed E-state index contributed by atoms with van der Waals surface area (Å²) in [7, 11) is 0.303. The zero-order valence-electron chi connectivity index (χ0n) is 7.19. The molecule has 0 aromatic heterocycles. The van der Waals surface area contributed by atoms with Gasteiger partial charge in [-0.1, -0.05) is 36.5 Å². The van der Waals surface area contributed by atoms with E-state index in [-0.39, 0.29) is 0 Å². The summed E-state index contributed by atoms with van der Waals surface area (Å²) in [6, 6.07) is 1.45. The van der Waals surface area contributed by atoms with Crippen molar-refractivity contribution >= 4 is 9.52 Å². The number of hydrogen-bond donors (Lipinski definition) is 0. The fourth-order valence-electron chi connectivity index (χ4n) is 1.39. The third kappa shape index (κ3) is 2.69. The van der Waals surface area contributed by atoms with Crippen molar-refractivity contribution in [3.63, 3.8) is 0 Å². The summed E-state index contributed by atoms with van der Waals surface area (Å²) in [5.74, 6) is 0. The molecule has 0 amide bonds. The Bertz CT molecular complexity index is 119. The summed E-state index contributed by atoms with van der Waals surface area (Å²) in [4.78, 5) is 0. The second-order valence-corrected chi connectivity index (χ2v) is 5.97. The van der Waals surface area contributed by atoms with Gasteiger partial charge in [-0.05, 0) is 19.9 Å². The van der Waals surface area contributed by atoms with Crippen LogP contribution < -0.4 is 0 Å². The van der Waals surface area contributed by atoms with Crippen LogP contribution in [0.1, 0.15) is 33.1 Å². The molecule has 1 aliphatic rings. The van der Waals surface area contributed by atoms with Gasteiger partial charge in [0.1, 0.15) is 0 Å². The van der Waals surface area contributed by atoms with E-state index in [4.69, 9.17) is 0 Å². The van der Waals surface area contributed by atoms with Crippen molar-refractivity contribution < 1.29 is 0 Å². The van der Waals surface area contributed by atoms with E-state index in [0.717, 1.165) is 0 Å². The van der Waals surface area contributed by atoms with Crippen molar-refractivity contribution in [3.8, 4) is 0 Å².